The maximum Gasteiger partial charge on any atom is 0.281 e. The number of aryl methyl sites for hydroxylation is 1. The summed E-state index contributed by atoms with van der Waals surface area (Å²) in [7, 11) is 1.64. The standard InChI is InChI=1S/C17H13N9O2/c1-25-13-14(23-24-25)19-9-26(17(13)27)8-11-20-15-16(21-11)22-12(7-18-15)28-10-5-3-2-4-6-10/h2-7,9H,8H2,1H3,(H,18,20,21,22). The van der Waals surface area contributed by atoms with Gasteiger partial charge in [0, 0.05) is 7.05 Å². The van der Waals surface area contributed by atoms with Crippen LogP contribution in [0.4, 0.5) is 0 Å². The molecule has 0 radical (unpaired) electrons. The van der Waals surface area contributed by atoms with E-state index in [1.54, 1.807) is 7.05 Å². The Morgan fingerprint density at radius 2 is 1.96 bits per heavy atom. The van der Waals surface area contributed by atoms with Crippen molar-refractivity contribution in [3.8, 4) is 11.6 Å². The molecule has 4 heterocycles. The molecule has 0 aliphatic carbocycles. The van der Waals surface area contributed by atoms with Crippen LogP contribution in [0.3, 0.4) is 0 Å². The van der Waals surface area contributed by atoms with E-state index in [2.05, 4.69) is 35.2 Å². The predicted octanol–water partition coefficient (Wildman–Crippen LogP) is 1.03. The van der Waals surface area contributed by atoms with E-state index in [0.29, 0.717) is 39.9 Å². The molecule has 1 N–H and O–H groups in total. The second kappa shape index (κ2) is 6.23. The summed E-state index contributed by atoms with van der Waals surface area (Å²) in [6.45, 7) is 0.180. The van der Waals surface area contributed by atoms with Crippen LogP contribution in [0.1, 0.15) is 5.82 Å². The van der Waals surface area contributed by atoms with Crippen molar-refractivity contribution in [3.05, 3.63) is 59.0 Å². The summed E-state index contributed by atoms with van der Waals surface area (Å²) in [5.74, 6) is 1.52. The van der Waals surface area contributed by atoms with Crippen LogP contribution in [0.2, 0.25) is 0 Å². The molecule has 5 rings (SSSR count). The molecule has 0 bridgehead atoms. The third-order valence-corrected chi connectivity index (χ3v) is 4.11. The smallest absolute Gasteiger partial charge is 0.281 e. The van der Waals surface area contributed by atoms with E-state index in [1.807, 2.05) is 30.3 Å². The Morgan fingerprint density at radius 3 is 2.82 bits per heavy atom. The summed E-state index contributed by atoms with van der Waals surface area (Å²) >= 11 is 0. The zero-order valence-corrected chi connectivity index (χ0v) is 14.6. The summed E-state index contributed by atoms with van der Waals surface area (Å²) in [5.41, 5.74) is 1.27. The average Bonchev–Trinajstić information content (AvgIpc) is 3.28. The van der Waals surface area contributed by atoms with Crippen LogP contribution in [-0.2, 0) is 13.6 Å². The lowest BCUT2D eigenvalue weighted by Gasteiger charge is -2.02. The first-order valence-electron chi connectivity index (χ1n) is 8.37. The van der Waals surface area contributed by atoms with Crippen LogP contribution in [0, 0.1) is 0 Å². The molecule has 4 aromatic heterocycles. The molecule has 0 aliphatic rings. The quantitative estimate of drug-likeness (QED) is 0.493. The molecule has 0 unspecified atom stereocenters. The van der Waals surface area contributed by atoms with Crippen LogP contribution < -0.4 is 10.3 Å². The van der Waals surface area contributed by atoms with Crippen LogP contribution in [0.5, 0.6) is 11.6 Å². The molecule has 28 heavy (non-hydrogen) atoms. The summed E-state index contributed by atoms with van der Waals surface area (Å²) in [6.07, 6.45) is 2.92. The lowest BCUT2D eigenvalue weighted by molar-refractivity contribution is 0.462. The molecule has 138 valence electrons. The van der Waals surface area contributed by atoms with Crippen molar-refractivity contribution in [3.63, 3.8) is 0 Å². The lowest BCUT2D eigenvalue weighted by Crippen LogP contribution is -2.23. The molecule has 11 nitrogen and oxygen atoms in total. The highest BCUT2D eigenvalue weighted by Crippen LogP contribution is 2.19. The molecule has 0 saturated carbocycles. The second-order valence-corrected chi connectivity index (χ2v) is 6.04. The maximum atomic E-state index is 12.6. The summed E-state index contributed by atoms with van der Waals surface area (Å²) in [4.78, 5) is 32.8. The molecule has 0 aliphatic heterocycles. The van der Waals surface area contributed by atoms with Crippen molar-refractivity contribution < 1.29 is 4.74 Å². The van der Waals surface area contributed by atoms with Gasteiger partial charge in [0.1, 0.15) is 17.9 Å². The van der Waals surface area contributed by atoms with Gasteiger partial charge in [0.25, 0.3) is 5.56 Å². The first-order valence-corrected chi connectivity index (χ1v) is 8.37. The molecule has 11 heteroatoms. The molecule has 0 spiro atoms. The van der Waals surface area contributed by atoms with E-state index >= 15 is 0 Å². The van der Waals surface area contributed by atoms with Gasteiger partial charge in [-0.3, -0.25) is 9.36 Å². The van der Waals surface area contributed by atoms with E-state index < -0.39 is 0 Å². The Kier molecular flexibility index (Phi) is 3.57. The minimum Gasteiger partial charge on any atom is -0.437 e. The SMILES string of the molecule is Cn1nnc2ncn(Cc3nc4ncc(Oc5ccccc5)nc4[nH]3)c(=O)c21. The summed E-state index contributed by atoms with van der Waals surface area (Å²) in [5, 5.41) is 7.65. The lowest BCUT2D eigenvalue weighted by atomic mass is 10.3. The number of imidazole rings is 1. The predicted molar refractivity (Wildman–Crippen MR) is 97.9 cm³/mol. The van der Waals surface area contributed by atoms with Crippen molar-refractivity contribution in [1.29, 1.82) is 0 Å². The molecular weight excluding hydrogens is 362 g/mol. The third kappa shape index (κ3) is 2.74. The average molecular weight is 375 g/mol. The number of rotatable bonds is 4. The molecule has 5 aromatic rings. The number of H-pyrrole nitrogens is 1. The number of hydrogen-bond acceptors (Lipinski definition) is 8. The van der Waals surface area contributed by atoms with Gasteiger partial charge in [-0.15, -0.1) is 5.10 Å². The number of ether oxygens (including phenoxy) is 1. The van der Waals surface area contributed by atoms with Gasteiger partial charge in [0.2, 0.25) is 11.5 Å². The number of benzene rings is 1. The van der Waals surface area contributed by atoms with Crippen molar-refractivity contribution in [2.45, 2.75) is 6.54 Å². The van der Waals surface area contributed by atoms with Crippen LogP contribution in [0.15, 0.2) is 47.7 Å². The zero-order valence-electron chi connectivity index (χ0n) is 14.6. The van der Waals surface area contributed by atoms with Crippen molar-refractivity contribution in [2.75, 3.05) is 0 Å². The van der Waals surface area contributed by atoms with E-state index in [1.165, 1.54) is 21.8 Å². The Hall–Kier alpha value is -4.15. The van der Waals surface area contributed by atoms with Crippen molar-refractivity contribution in [2.24, 2.45) is 7.05 Å². The van der Waals surface area contributed by atoms with Crippen LogP contribution >= 0.6 is 0 Å². The van der Waals surface area contributed by atoms with Crippen LogP contribution in [0.25, 0.3) is 22.5 Å². The number of hydrogen-bond donors (Lipinski definition) is 1. The van der Waals surface area contributed by atoms with Gasteiger partial charge in [0.15, 0.2) is 16.8 Å². The number of aromatic amines is 1. The second-order valence-electron chi connectivity index (χ2n) is 6.04. The van der Waals surface area contributed by atoms with Crippen LogP contribution in [-0.4, -0.2) is 44.5 Å². The molecule has 0 saturated heterocycles. The molecule has 1 aromatic carbocycles. The summed E-state index contributed by atoms with van der Waals surface area (Å²) in [6, 6.07) is 9.30. The van der Waals surface area contributed by atoms with Gasteiger partial charge < -0.3 is 9.72 Å². The molecular formula is C17H13N9O2. The first kappa shape index (κ1) is 16.1. The molecule has 0 amide bonds. The van der Waals surface area contributed by atoms with Crippen molar-refractivity contribution in [1.82, 2.24) is 44.5 Å². The van der Waals surface area contributed by atoms with Gasteiger partial charge >= 0.3 is 0 Å². The van der Waals surface area contributed by atoms with Crippen molar-refractivity contribution >= 4 is 22.5 Å². The van der Waals surface area contributed by atoms with E-state index in [0.717, 1.165) is 0 Å². The maximum absolute atomic E-state index is 12.6. The Morgan fingerprint density at radius 1 is 1.11 bits per heavy atom. The fourth-order valence-electron chi connectivity index (χ4n) is 2.81. The minimum atomic E-state index is -0.257. The number of nitrogens with zero attached hydrogens (tertiary/aromatic N) is 8. The van der Waals surface area contributed by atoms with E-state index in [4.69, 9.17) is 4.74 Å². The Bertz CT molecular complexity index is 1350. The van der Waals surface area contributed by atoms with Gasteiger partial charge in [-0.05, 0) is 12.1 Å². The Balaban J connectivity index is 1.46. The number of fused-ring (bicyclic) bond motifs is 2. The van der Waals surface area contributed by atoms with E-state index in [-0.39, 0.29) is 12.1 Å². The topological polar surface area (TPSA) is 129 Å². The highest BCUT2D eigenvalue weighted by molar-refractivity contribution is 5.68. The van der Waals surface area contributed by atoms with Gasteiger partial charge in [-0.1, -0.05) is 23.4 Å². The highest BCUT2D eigenvalue weighted by atomic mass is 16.5. The van der Waals surface area contributed by atoms with Gasteiger partial charge in [-0.25, -0.2) is 19.6 Å². The monoisotopic (exact) mass is 375 g/mol. The number of para-hydroxylation sites is 1. The number of nitrogens with one attached hydrogen (secondary N) is 1. The van der Waals surface area contributed by atoms with Gasteiger partial charge in [-0.2, -0.15) is 4.98 Å². The fourth-order valence-corrected chi connectivity index (χ4v) is 2.81. The third-order valence-electron chi connectivity index (χ3n) is 4.11. The fraction of sp³-hybridized carbons (Fsp3) is 0.118. The summed E-state index contributed by atoms with van der Waals surface area (Å²) < 4.78 is 8.50. The van der Waals surface area contributed by atoms with E-state index in [9.17, 15) is 4.79 Å². The molecule has 0 fully saturated rings. The highest BCUT2D eigenvalue weighted by Gasteiger charge is 2.13. The minimum absolute atomic E-state index is 0.180. The Labute approximate surface area is 156 Å². The largest absolute Gasteiger partial charge is 0.437 e. The molecule has 0 atom stereocenters. The zero-order chi connectivity index (χ0) is 19.1. The first-order chi connectivity index (χ1) is 13.7. The van der Waals surface area contributed by atoms with Gasteiger partial charge in [0.05, 0.1) is 12.7 Å². The number of aromatic nitrogens is 9. The normalized spacial score (nSPS) is 11.3.